The Labute approximate surface area is 126 Å². The highest BCUT2D eigenvalue weighted by atomic mass is 79.9. The van der Waals surface area contributed by atoms with Crippen LogP contribution in [0.3, 0.4) is 0 Å². The molecule has 4 nitrogen and oxygen atoms in total. The van der Waals surface area contributed by atoms with E-state index in [0.29, 0.717) is 13.2 Å². The zero-order chi connectivity index (χ0) is 15.1. The number of nitrogens with zero attached hydrogens (tertiary/aromatic N) is 2. The van der Waals surface area contributed by atoms with Gasteiger partial charge in [-0.15, -0.1) is 0 Å². The van der Waals surface area contributed by atoms with Crippen LogP contribution >= 0.6 is 15.9 Å². The number of anilines is 1. The van der Waals surface area contributed by atoms with Crippen LogP contribution in [0.1, 0.15) is 25.8 Å². The maximum absolute atomic E-state index is 14.3. The molecule has 0 aliphatic carbocycles. The molecule has 0 fully saturated rings. The van der Waals surface area contributed by atoms with Crippen LogP contribution in [0.2, 0.25) is 0 Å². The zero-order valence-electron chi connectivity index (χ0n) is 11.4. The van der Waals surface area contributed by atoms with Crippen molar-refractivity contribution in [3.8, 4) is 6.07 Å². The molecule has 1 aromatic rings. The number of rotatable bonds is 6. The van der Waals surface area contributed by atoms with Crippen molar-refractivity contribution < 1.29 is 13.9 Å². The van der Waals surface area contributed by atoms with Gasteiger partial charge in [0.05, 0.1) is 22.3 Å². The maximum atomic E-state index is 14.3. The van der Waals surface area contributed by atoms with E-state index in [9.17, 15) is 9.18 Å². The maximum Gasteiger partial charge on any atom is 0.325 e. The van der Waals surface area contributed by atoms with Crippen molar-refractivity contribution in [1.82, 2.24) is 0 Å². The Morgan fingerprint density at radius 2 is 2.20 bits per heavy atom. The van der Waals surface area contributed by atoms with E-state index in [1.54, 1.807) is 11.8 Å². The van der Waals surface area contributed by atoms with Gasteiger partial charge in [-0.3, -0.25) is 4.79 Å². The Kier molecular flexibility index (Phi) is 6.46. The van der Waals surface area contributed by atoms with Gasteiger partial charge in [0.2, 0.25) is 0 Å². The van der Waals surface area contributed by atoms with Crippen molar-refractivity contribution in [2.45, 2.75) is 20.3 Å². The summed E-state index contributed by atoms with van der Waals surface area (Å²) >= 11 is 3.07. The molecule has 0 aliphatic heterocycles. The van der Waals surface area contributed by atoms with Crippen LogP contribution in [-0.2, 0) is 9.53 Å². The SMILES string of the molecule is CCCN(CC(=O)OCC)c1ccc(C#N)c(Br)c1F. The Morgan fingerprint density at radius 1 is 1.50 bits per heavy atom. The molecule has 0 aliphatic rings. The Morgan fingerprint density at radius 3 is 2.75 bits per heavy atom. The summed E-state index contributed by atoms with van der Waals surface area (Å²) in [6.07, 6.45) is 0.760. The Bertz CT molecular complexity index is 529. The van der Waals surface area contributed by atoms with Gasteiger partial charge in [-0.25, -0.2) is 4.39 Å². The van der Waals surface area contributed by atoms with Gasteiger partial charge >= 0.3 is 5.97 Å². The first-order valence-corrected chi connectivity index (χ1v) is 7.13. The van der Waals surface area contributed by atoms with E-state index in [1.165, 1.54) is 12.1 Å². The van der Waals surface area contributed by atoms with Crippen LogP contribution in [0.25, 0.3) is 0 Å². The van der Waals surface area contributed by atoms with Crippen LogP contribution < -0.4 is 4.90 Å². The lowest BCUT2D eigenvalue weighted by Crippen LogP contribution is -2.32. The number of nitriles is 1. The van der Waals surface area contributed by atoms with E-state index < -0.39 is 11.8 Å². The van der Waals surface area contributed by atoms with Crippen molar-refractivity contribution >= 4 is 27.6 Å². The van der Waals surface area contributed by atoms with Crippen molar-refractivity contribution in [3.63, 3.8) is 0 Å². The van der Waals surface area contributed by atoms with E-state index in [0.717, 1.165) is 6.42 Å². The highest BCUT2D eigenvalue weighted by Crippen LogP contribution is 2.29. The minimum Gasteiger partial charge on any atom is -0.465 e. The summed E-state index contributed by atoms with van der Waals surface area (Å²) in [4.78, 5) is 13.2. The fraction of sp³-hybridized carbons (Fsp3) is 0.429. The van der Waals surface area contributed by atoms with Crippen LogP contribution in [0.4, 0.5) is 10.1 Å². The minimum absolute atomic E-state index is 0.0169. The van der Waals surface area contributed by atoms with Gasteiger partial charge in [-0.2, -0.15) is 5.26 Å². The number of carbonyl (C=O) groups is 1. The lowest BCUT2D eigenvalue weighted by atomic mass is 10.2. The van der Waals surface area contributed by atoms with E-state index in [4.69, 9.17) is 10.00 Å². The van der Waals surface area contributed by atoms with Gasteiger partial charge < -0.3 is 9.64 Å². The number of carbonyl (C=O) groups excluding carboxylic acids is 1. The molecular formula is C14H16BrFN2O2. The van der Waals surface area contributed by atoms with Crippen LogP contribution in [-0.4, -0.2) is 25.7 Å². The number of ether oxygens (including phenoxy) is 1. The molecule has 1 rings (SSSR count). The minimum atomic E-state index is -0.540. The lowest BCUT2D eigenvalue weighted by molar-refractivity contribution is -0.141. The van der Waals surface area contributed by atoms with Gasteiger partial charge in [0.15, 0.2) is 5.82 Å². The number of hydrogen-bond acceptors (Lipinski definition) is 4. The average molecular weight is 343 g/mol. The van der Waals surface area contributed by atoms with Gasteiger partial charge in [-0.05, 0) is 41.4 Å². The molecule has 0 heterocycles. The quantitative estimate of drug-likeness (QED) is 0.744. The number of benzene rings is 1. The van der Waals surface area contributed by atoms with Gasteiger partial charge in [0.1, 0.15) is 12.6 Å². The van der Waals surface area contributed by atoms with Crippen LogP contribution in [0.5, 0.6) is 0 Å². The number of hydrogen-bond donors (Lipinski definition) is 0. The molecule has 1 aromatic carbocycles. The van der Waals surface area contributed by atoms with E-state index in [2.05, 4.69) is 15.9 Å². The third-order valence-corrected chi connectivity index (χ3v) is 3.42. The summed E-state index contributed by atoms with van der Waals surface area (Å²) in [6, 6.07) is 4.93. The summed E-state index contributed by atoms with van der Waals surface area (Å²) in [6.45, 7) is 4.46. The second-order valence-corrected chi connectivity index (χ2v) is 4.89. The van der Waals surface area contributed by atoms with Crippen molar-refractivity contribution in [3.05, 3.63) is 28.0 Å². The van der Waals surface area contributed by atoms with Crippen LogP contribution in [0, 0.1) is 17.1 Å². The molecule has 0 saturated carbocycles. The third kappa shape index (κ3) is 3.94. The number of halogens is 2. The first kappa shape index (κ1) is 16.4. The molecular weight excluding hydrogens is 327 g/mol. The van der Waals surface area contributed by atoms with Gasteiger partial charge in [-0.1, -0.05) is 6.92 Å². The smallest absolute Gasteiger partial charge is 0.325 e. The van der Waals surface area contributed by atoms with E-state index >= 15 is 0 Å². The first-order chi connectivity index (χ1) is 9.54. The monoisotopic (exact) mass is 342 g/mol. The summed E-state index contributed by atoms with van der Waals surface area (Å²) in [5, 5.41) is 8.86. The largest absolute Gasteiger partial charge is 0.465 e. The van der Waals surface area contributed by atoms with E-state index in [1.807, 2.05) is 13.0 Å². The molecule has 0 unspecified atom stereocenters. The first-order valence-electron chi connectivity index (χ1n) is 6.33. The molecule has 108 valence electrons. The lowest BCUT2D eigenvalue weighted by Gasteiger charge is -2.24. The van der Waals surface area contributed by atoms with Crippen molar-refractivity contribution in [1.29, 1.82) is 5.26 Å². The fourth-order valence-corrected chi connectivity index (χ4v) is 2.21. The second-order valence-electron chi connectivity index (χ2n) is 4.10. The standard InChI is InChI=1S/C14H16BrFN2O2/c1-3-7-18(9-12(19)20-4-2)11-6-5-10(8-17)13(15)14(11)16/h5-6H,3-4,7,9H2,1-2H3. The normalized spacial score (nSPS) is 9.95. The highest BCUT2D eigenvalue weighted by molar-refractivity contribution is 9.10. The molecule has 0 N–H and O–H groups in total. The molecule has 6 heteroatoms. The average Bonchev–Trinajstić information content (AvgIpc) is 2.42. The molecule has 0 amide bonds. The topological polar surface area (TPSA) is 53.3 Å². The Hall–Kier alpha value is -1.61. The van der Waals surface area contributed by atoms with Gasteiger partial charge in [0.25, 0.3) is 0 Å². The Balaban J connectivity index is 3.06. The summed E-state index contributed by atoms with van der Waals surface area (Å²) in [5.74, 6) is -0.942. The molecule has 0 aromatic heterocycles. The highest BCUT2D eigenvalue weighted by Gasteiger charge is 2.18. The third-order valence-electron chi connectivity index (χ3n) is 2.64. The summed E-state index contributed by atoms with van der Waals surface area (Å²) < 4.78 is 19.3. The molecule has 0 bridgehead atoms. The molecule has 0 saturated heterocycles. The second kappa shape index (κ2) is 7.85. The molecule has 0 radical (unpaired) electrons. The summed E-state index contributed by atoms with van der Waals surface area (Å²) in [7, 11) is 0. The molecule has 20 heavy (non-hydrogen) atoms. The fourth-order valence-electron chi connectivity index (χ4n) is 1.79. The summed E-state index contributed by atoms with van der Waals surface area (Å²) in [5.41, 5.74) is 0.504. The number of esters is 1. The predicted molar refractivity (Wildman–Crippen MR) is 78.0 cm³/mol. The van der Waals surface area contributed by atoms with Crippen LogP contribution in [0.15, 0.2) is 16.6 Å². The van der Waals surface area contributed by atoms with Crippen molar-refractivity contribution in [2.75, 3.05) is 24.6 Å². The van der Waals surface area contributed by atoms with Gasteiger partial charge in [0, 0.05) is 6.54 Å². The van der Waals surface area contributed by atoms with E-state index in [-0.39, 0.29) is 22.3 Å². The zero-order valence-corrected chi connectivity index (χ0v) is 13.0. The predicted octanol–water partition coefficient (Wildman–Crippen LogP) is 3.24. The van der Waals surface area contributed by atoms with Crippen molar-refractivity contribution in [2.24, 2.45) is 0 Å². The molecule has 0 spiro atoms. The molecule has 0 atom stereocenters.